The number of aryl methyl sites for hydroxylation is 1. The summed E-state index contributed by atoms with van der Waals surface area (Å²) in [6.07, 6.45) is 2.09. The van der Waals surface area contributed by atoms with Crippen LogP contribution in [0, 0.1) is 12.8 Å². The van der Waals surface area contributed by atoms with Gasteiger partial charge in [-0.15, -0.1) is 0 Å². The Hall–Kier alpha value is -3.21. The summed E-state index contributed by atoms with van der Waals surface area (Å²) in [6, 6.07) is 15.5. The number of hydrogen-bond donors (Lipinski definition) is 1. The Morgan fingerprint density at radius 3 is 2.40 bits per heavy atom. The molecular weight excluding hydrogens is 374 g/mol. The third-order valence-electron chi connectivity index (χ3n) is 5.77. The number of carbonyl (C=O) groups is 2. The lowest BCUT2D eigenvalue weighted by Gasteiger charge is -2.30. The van der Waals surface area contributed by atoms with Crippen molar-refractivity contribution in [2.24, 2.45) is 5.92 Å². The lowest BCUT2D eigenvalue weighted by Crippen LogP contribution is -2.38. The molecule has 1 N–H and O–H groups in total. The number of aromatic nitrogens is 1. The van der Waals surface area contributed by atoms with E-state index in [1.54, 1.807) is 0 Å². The van der Waals surface area contributed by atoms with Crippen LogP contribution in [-0.4, -0.2) is 34.8 Å². The second-order valence-corrected chi connectivity index (χ2v) is 8.31. The third kappa shape index (κ3) is 4.20. The first-order chi connectivity index (χ1) is 14.4. The average molecular weight is 402 g/mol. The summed E-state index contributed by atoms with van der Waals surface area (Å²) in [5.74, 6) is 0.643. The van der Waals surface area contributed by atoms with E-state index in [9.17, 15) is 9.59 Å². The highest BCUT2D eigenvalue weighted by atomic mass is 16.2. The maximum Gasteiger partial charge on any atom is 0.254 e. The lowest BCUT2D eigenvalue weighted by atomic mass is 9.97. The predicted octanol–water partition coefficient (Wildman–Crippen LogP) is 5.04. The van der Waals surface area contributed by atoms with Gasteiger partial charge in [0.15, 0.2) is 0 Å². The van der Waals surface area contributed by atoms with E-state index in [1.165, 1.54) is 6.92 Å². The van der Waals surface area contributed by atoms with Crippen LogP contribution < -0.4 is 5.32 Å². The summed E-state index contributed by atoms with van der Waals surface area (Å²) in [5.41, 5.74) is 5.04. The van der Waals surface area contributed by atoms with Gasteiger partial charge >= 0.3 is 0 Å². The molecule has 30 heavy (non-hydrogen) atoms. The van der Waals surface area contributed by atoms with Crippen molar-refractivity contribution < 1.29 is 9.59 Å². The highest BCUT2D eigenvalue weighted by Gasteiger charge is 2.24. The highest BCUT2D eigenvalue weighted by molar-refractivity contribution is 6.07. The van der Waals surface area contributed by atoms with Gasteiger partial charge in [0, 0.05) is 36.7 Å². The summed E-state index contributed by atoms with van der Waals surface area (Å²) < 4.78 is 0. The molecule has 1 aliphatic heterocycles. The van der Waals surface area contributed by atoms with Gasteiger partial charge in [-0.1, -0.05) is 30.7 Å². The monoisotopic (exact) mass is 401 g/mol. The number of amides is 2. The Balaban J connectivity index is 1.76. The summed E-state index contributed by atoms with van der Waals surface area (Å²) in [5, 5.41) is 3.68. The van der Waals surface area contributed by atoms with Gasteiger partial charge in [-0.25, -0.2) is 4.98 Å². The normalized spacial score (nSPS) is 14.7. The van der Waals surface area contributed by atoms with Crippen LogP contribution in [-0.2, 0) is 4.79 Å². The second kappa shape index (κ2) is 8.27. The van der Waals surface area contributed by atoms with Crippen molar-refractivity contribution in [2.45, 2.75) is 33.6 Å². The molecule has 5 nitrogen and oxygen atoms in total. The minimum absolute atomic E-state index is 0.0796. The van der Waals surface area contributed by atoms with Gasteiger partial charge in [-0.2, -0.15) is 0 Å². The van der Waals surface area contributed by atoms with E-state index in [2.05, 4.69) is 12.2 Å². The minimum atomic E-state index is -0.106. The molecule has 0 saturated carbocycles. The van der Waals surface area contributed by atoms with Crippen LogP contribution in [0.25, 0.3) is 22.2 Å². The molecule has 2 amide bonds. The third-order valence-corrected chi connectivity index (χ3v) is 5.77. The molecule has 0 bridgehead atoms. The molecule has 4 rings (SSSR count). The number of likely N-dealkylation sites (tertiary alicyclic amines) is 1. The number of benzene rings is 2. The number of nitrogens with zero attached hydrogens (tertiary/aromatic N) is 2. The van der Waals surface area contributed by atoms with Gasteiger partial charge in [-0.05, 0) is 56.0 Å². The quantitative estimate of drug-likeness (QED) is 0.669. The molecular formula is C25H27N3O2. The number of carbonyl (C=O) groups excluding carboxylic acids is 2. The largest absolute Gasteiger partial charge is 0.339 e. The van der Waals surface area contributed by atoms with E-state index in [-0.39, 0.29) is 11.8 Å². The van der Waals surface area contributed by atoms with Crippen LogP contribution in [0.3, 0.4) is 0 Å². The molecule has 2 aromatic carbocycles. The SMILES string of the molecule is CC(=O)Nc1ccc(-c2cc(C(=O)N3CCC(C)CC3)c3cc(C)ccc3n2)cc1. The molecule has 0 atom stereocenters. The molecule has 0 unspecified atom stereocenters. The first-order valence-corrected chi connectivity index (χ1v) is 10.5. The zero-order valence-corrected chi connectivity index (χ0v) is 17.7. The van der Waals surface area contributed by atoms with Crippen molar-refractivity contribution >= 4 is 28.4 Å². The van der Waals surface area contributed by atoms with E-state index in [0.29, 0.717) is 11.5 Å². The van der Waals surface area contributed by atoms with Gasteiger partial charge in [0.25, 0.3) is 5.91 Å². The van der Waals surface area contributed by atoms with E-state index in [0.717, 1.165) is 59.3 Å². The minimum Gasteiger partial charge on any atom is -0.339 e. The van der Waals surface area contributed by atoms with E-state index in [1.807, 2.05) is 60.4 Å². The average Bonchev–Trinajstić information content (AvgIpc) is 2.73. The number of pyridine rings is 1. The summed E-state index contributed by atoms with van der Waals surface area (Å²) >= 11 is 0. The van der Waals surface area contributed by atoms with Gasteiger partial charge in [0.2, 0.25) is 5.91 Å². The molecule has 0 spiro atoms. The Labute approximate surface area is 177 Å². The Kier molecular flexibility index (Phi) is 5.53. The van der Waals surface area contributed by atoms with Gasteiger partial charge in [0.1, 0.15) is 0 Å². The van der Waals surface area contributed by atoms with Crippen LogP contribution >= 0.6 is 0 Å². The smallest absolute Gasteiger partial charge is 0.254 e. The molecule has 0 radical (unpaired) electrons. The molecule has 2 heterocycles. The Morgan fingerprint density at radius 2 is 1.73 bits per heavy atom. The molecule has 0 aliphatic carbocycles. The molecule has 3 aromatic rings. The van der Waals surface area contributed by atoms with Crippen LogP contribution in [0.1, 0.15) is 42.6 Å². The number of anilines is 1. The van der Waals surface area contributed by atoms with Crippen molar-refractivity contribution in [3.63, 3.8) is 0 Å². The Morgan fingerprint density at radius 1 is 1.03 bits per heavy atom. The number of nitrogens with one attached hydrogen (secondary N) is 1. The van der Waals surface area contributed by atoms with Gasteiger partial charge in [0.05, 0.1) is 16.8 Å². The first-order valence-electron chi connectivity index (χ1n) is 10.5. The van der Waals surface area contributed by atoms with Crippen LogP contribution in [0.2, 0.25) is 0 Å². The standard InChI is InChI=1S/C25H27N3O2/c1-16-10-12-28(13-11-16)25(30)22-15-24(27-23-9-4-17(2)14-21(22)23)19-5-7-20(8-6-19)26-18(3)29/h4-9,14-16H,10-13H2,1-3H3,(H,26,29). The van der Waals surface area contributed by atoms with Crippen LogP contribution in [0.5, 0.6) is 0 Å². The fraction of sp³-hybridized carbons (Fsp3) is 0.320. The van der Waals surface area contributed by atoms with Crippen molar-refractivity contribution in [2.75, 3.05) is 18.4 Å². The molecule has 1 aliphatic rings. The molecule has 1 aromatic heterocycles. The van der Waals surface area contributed by atoms with E-state index >= 15 is 0 Å². The summed E-state index contributed by atoms with van der Waals surface area (Å²) in [4.78, 5) is 31.5. The lowest BCUT2D eigenvalue weighted by molar-refractivity contribution is -0.114. The van der Waals surface area contributed by atoms with Crippen molar-refractivity contribution in [3.8, 4) is 11.3 Å². The summed E-state index contributed by atoms with van der Waals surface area (Å²) in [6.45, 7) is 7.37. The summed E-state index contributed by atoms with van der Waals surface area (Å²) in [7, 11) is 0. The van der Waals surface area contributed by atoms with Crippen LogP contribution in [0.4, 0.5) is 5.69 Å². The van der Waals surface area contributed by atoms with Gasteiger partial charge < -0.3 is 10.2 Å². The second-order valence-electron chi connectivity index (χ2n) is 8.31. The maximum atomic E-state index is 13.4. The fourth-order valence-corrected chi connectivity index (χ4v) is 3.97. The van der Waals surface area contributed by atoms with Crippen LogP contribution in [0.15, 0.2) is 48.5 Å². The predicted molar refractivity (Wildman–Crippen MR) is 121 cm³/mol. The number of hydrogen-bond acceptors (Lipinski definition) is 3. The fourth-order valence-electron chi connectivity index (χ4n) is 3.97. The topological polar surface area (TPSA) is 62.3 Å². The molecule has 1 saturated heterocycles. The van der Waals surface area contributed by atoms with Crippen molar-refractivity contribution in [3.05, 3.63) is 59.7 Å². The number of fused-ring (bicyclic) bond motifs is 1. The zero-order chi connectivity index (χ0) is 21.3. The molecule has 1 fully saturated rings. The van der Waals surface area contributed by atoms with E-state index in [4.69, 9.17) is 4.98 Å². The first kappa shape index (κ1) is 20.1. The van der Waals surface area contributed by atoms with Gasteiger partial charge in [-0.3, -0.25) is 9.59 Å². The number of rotatable bonds is 3. The Bertz CT molecular complexity index is 1100. The highest BCUT2D eigenvalue weighted by Crippen LogP contribution is 2.28. The number of piperidine rings is 1. The van der Waals surface area contributed by atoms with E-state index < -0.39 is 0 Å². The van der Waals surface area contributed by atoms with Crippen molar-refractivity contribution in [1.29, 1.82) is 0 Å². The molecule has 154 valence electrons. The maximum absolute atomic E-state index is 13.4. The van der Waals surface area contributed by atoms with Crippen molar-refractivity contribution in [1.82, 2.24) is 9.88 Å². The zero-order valence-electron chi connectivity index (χ0n) is 17.7. The molecule has 5 heteroatoms.